The smallest absolute Gasteiger partial charge is 0.132 e. The SMILES string of the molecule is Cc1c(CO)cc(-c2ccccc2F)n1C. The van der Waals surface area contributed by atoms with E-state index in [1.54, 1.807) is 18.2 Å². The van der Waals surface area contributed by atoms with Crippen LogP contribution in [0, 0.1) is 12.7 Å². The van der Waals surface area contributed by atoms with Gasteiger partial charge < -0.3 is 9.67 Å². The van der Waals surface area contributed by atoms with E-state index in [0.717, 1.165) is 17.0 Å². The van der Waals surface area contributed by atoms with E-state index >= 15 is 0 Å². The van der Waals surface area contributed by atoms with E-state index in [-0.39, 0.29) is 12.4 Å². The molecule has 0 saturated carbocycles. The van der Waals surface area contributed by atoms with Gasteiger partial charge in [-0.2, -0.15) is 0 Å². The molecule has 1 aromatic carbocycles. The average molecular weight is 219 g/mol. The van der Waals surface area contributed by atoms with Crippen molar-refractivity contribution in [2.45, 2.75) is 13.5 Å². The van der Waals surface area contributed by atoms with Gasteiger partial charge in [0.1, 0.15) is 5.82 Å². The second kappa shape index (κ2) is 4.10. The molecule has 0 amide bonds. The molecular formula is C13H14FNO. The first-order valence-electron chi connectivity index (χ1n) is 5.16. The standard InChI is InChI=1S/C13H14FNO/c1-9-10(8-16)7-13(15(9)2)11-5-3-4-6-12(11)14/h3-7,16H,8H2,1-2H3. The molecule has 0 bridgehead atoms. The maximum atomic E-state index is 13.6. The lowest BCUT2D eigenvalue weighted by Gasteiger charge is -2.06. The first kappa shape index (κ1) is 10.9. The predicted molar refractivity (Wildman–Crippen MR) is 61.5 cm³/mol. The summed E-state index contributed by atoms with van der Waals surface area (Å²) in [7, 11) is 1.87. The molecule has 2 rings (SSSR count). The first-order valence-corrected chi connectivity index (χ1v) is 5.16. The zero-order chi connectivity index (χ0) is 11.7. The van der Waals surface area contributed by atoms with Gasteiger partial charge >= 0.3 is 0 Å². The van der Waals surface area contributed by atoms with Gasteiger partial charge in [0.25, 0.3) is 0 Å². The van der Waals surface area contributed by atoms with Crippen LogP contribution in [-0.2, 0) is 13.7 Å². The Hall–Kier alpha value is -1.61. The second-order valence-corrected chi connectivity index (χ2v) is 3.84. The van der Waals surface area contributed by atoms with E-state index in [4.69, 9.17) is 5.11 Å². The second-order valence-electron chi connectivity index (χ2n) is 3.84. The molecule has 2 nitrogen and oxygen atoms in total. The molecule has 1 aromatic heterocycles. The maximum absolute atomic E-state index is 13.6. The topological polar surface area (TPSA) is 25.2 Å². The normalized spacial score (nSPS) is 10.8. The van der Waals surface area contributed by atoms with Crippen LogP contribution in [0.5, 0.6) is 0 Å². The van der Waals surface area contributed by atoms with Crippen LogP contribution in [0.2, 0.25) is 0 Å². The van der Waals surface area contributed by atoms with Gasteiger partial charge in [0.05, 0.1) is 12.3 Å². The summed E-state index contributed by atoms with van der Waals surface area (Å²) in [5, 5.41) is 9.17. The lowest BCUT2D eigenvalue weighted by Crippen LogP contribution is -1.96. The molecule has 1 N–H and O–H groups in total. The van der Waals surface area contributed by atoms with Crippen molar-refractivity contribution >= 4 is 0 Å². The molecule has 16 heavy (non-hydrogen) atoms. The van der Waals surface area contributed by atoms with Crippen LogP contribution in [0.3, 0.4) is 0 Å². The summed E-state index contributed by atoms with van der Waals surface area (Å²) in [6.45, 7) is 1.89. The van der Waals surface area contributed by atoms with Crippen molar-refractivity contribution in [2.75, 3.05) is 0 Å². The van der Waals surface area contributed by atoms with Gasteiger partial charge in [0, 0.05) is 18.3 Å². The van der Waals surface area contributed by atoms with Crippen LogP contribution in [0.1, 0.15) is 11.3 Å². The van der Waals surface area contributed by atoms with E-state index in [0.29, 0.717) is 5.56 Å². The Balaban J connectivity index is 2.61. The number of aromatic nitrogens is 1. The summed E-state index contributed by atoms with van der Waals surface area (Å²) >= 11 is 0. The van der Waals surface area contributed by atoms with Gasteiger partial charge in [-0.25, -0.2) is 4.39 Å². The summed E-state index contributed by atoms with van der Waals surface area (Å²) < 4.78 is 15.5. The fraction of sp³-hybridized carbons (Fsp3) is 0.231. The molecule has 0 aliphatic heterocycles. The third-order valence-electron chi connectivity index (χ3n) is 2.96. The van der Waals surface area contributed by atoms with Gasteiger partial charge in [0.15, 0.2) is 0 Å². The number of hydrogen-bond acceptors (Lipinski definition) is 1. The molecule has 0 aliphatic rings. The Bertz CT molecular complexity index is 517. The summed E-state index contributed by atoms with van der Waals surface area (Å²) in [5.74, 6) is -0.243. The Labute approximate surface area is 94.0 Å². The zero-order valence-corrected chi connectivity index (χ0v) is 9.37. The Morgan fingerprint density at radius 3 is 2.56 bits per heavy atom. The van der Waals surface area contributed by atoms with Crippen LogP contribution in [0.15, 0.2) is 30.3 Å². The van der Waals surface area contributed by atoms with E-state index in [1.165, 1.54) is 6.07 Å². The average Bonchev–Trinajstić information content (AvgIpc) is 2.57. The summed E-state index contributed by atoms with van der Waals surface area (Å²) in [5.41, 5.74) is 3.15. The summed E-state index contributed by atoms with van der Waals surface area (Å²) in [6.07, 6.45) is 0. The zero-order valence-electron chi connectivity index (χ0n) is 9.37. The Morgan fingerprint density at radius 1 is 1.31 bits per heavy atom. The monoisotopic (exact) mass is 219 g/mol. The lowest BCUT2D eigenvalue weighted by atomic mass is 10.1. The first-order chi connectivity index (χ1) is 7.65. The molecule has 84 valence electrons. The molecule has 3 heteroatoms. The van der Waals surface area contributed by atoms with Gasteiger partial charge in [0.2, 0.25) is 0 Å². The van der Waals surface area contributed by atoms with Crippen LogP contribution < -0.4 is 0 Å². The Morgan fingerprint density at radius 2 is 2.00 bits per heavy atom. The molecular weight excluding hydrogens is 205 g/mol. The highest BCUT2D eigenvalue weighted by atomic mass is 19.1. The fourth-order valence-corrected chi connectivity index (χ4v) is 1.85. The fourth-order valence-electron chi connectivity index (χ4n) is 1.85. The van der Waals surface area contributed by atoms with Gasteiger partial charge in [-0.15, -0.1) is 0 Å². The number of aliphatic hydroxyl groups is 1. The number of rotatable bonds is 2. The predicted octanol–water partition coefficient (Wildman–Crippen LogP) is 2.63. The number of halogens is 1. The van der Waals surface area contributed by atoms with Crippen molar-refractivity contribution in [3.8, 4) is 11.3 Å². The maximum Gasteiger partial charge on any atom is 0.132 e. The molecule has 2 aromatic rings. The largest absolute Gasteiger partial charge is 0.392 e. The molecule has 0 radical (unpaired) electrons. The molecule has 0 saturated heterocycles. The van der Waals surface area contributed by atoms with Crippen molar-refractivity contribution in [1.29, 1.82) is 0 Å². The number of hydrogen-bond donors (Lipinski definition) is 1. The van der Waals surface area contributed by atoms with Crippen molar-refractivity contribution < 1.29 is 9.50 Å². The summed E-state index contributed by atoms with van der Waals surface area (Å²) in [6, 6.07) is 8.48. The third-order valence-corrected chi connectivity index (χ3v) is 2.96. The molecule has 0 atom stereocenters. The number of nitrogens with zero attached hydrogens (tertiary/aromatic N) is 1. The highest BCUT2D eigenvalue weighted by molar-refractivity contribution is 5.63. The summed E-state index contributed by atoms with van der Waals surface area (Å²) in [4.78, 5) is 0. The number of aliphatic hydroxyl groups excluding tert-OH is 1. The number of benzene rings is 1. The van der Waals surface area contributed by atoms with E-state index in [2.05, 4.69) is 0 Å². The quantitative estimate of drug-likeness (QED) is 0.825. The molecule has 0 aliphatic carbocycles. The molecule has 0 fully saturated rings. The van der Waals surface area contributed by atoms with E-state index in [1.807, 2.05) is 24.6 Å². The van der Waals surface area contributed by atoms with Gasteiger partial charge in [-0.05, 0) is 30.7 Å². The Kier molecular flexibility index (Phi) is 2.79. The van der Waals surface area contributed by atoms with Crippen LogP contribution in [0.4, 0.5) is 4.39 Å². The van der Waals surface area contributed by atoms with Gasteiger partial charge in [-0.3, -0.25) is 0 Å². The third kappa shape index (κ3) is 1.63. The highest BCUT2D eigenvalue weighted by Crippen LogP contribution is 2.26. The van der Waals surface area contributed by atoms with E-state index in [9.17, 15) is 4.39 Å². The minimum Gasteiger partial charge on any atom is -0.392 e. The van der Waals surface area contributed by atoms with Crippen molar-refractivity contribution in [3.05, 3.63) is 47.4 Å². The van der Waals surface area contributed by atoms with Crippen LogP contribution >= 0.6 is 0 Å². The van der Waals surface area contributed by atoms with Crippen molar-refractivity contribution in [3.63, 3.8) is 0 Å². The van der Waals surface area contributed by atoms with E-state index < -0.39 is 0 Å². The molecule has 1 heterocycles. The minimum atomic E-state index is -0.243. The lowest BCUT2D eigenvalue weighted by molar-refractivity contribution is 0.281. The molecule has 0 unspecified atom stereocenters. The highest BCUT2D eigenvalue weighted by Gasteiger charge is 2.12. The van der Waals surface area contributed by atoms with Gasteiger partial charge in [-0.1, -0.05) is 12.1 Å². The van der Waals surface area contributed by atoms with Crippen LogP contribution in [0.25, 0.3) is 11.3 Å². The van der Waals surface area contributed by atoms with Crippen LogP contribution in [-0.4, -0.2) is 9.67 Å². The minimum absolute atomic E-state index is 0.0197. The van der Waals surface area contributed by atoms with Crippen molar-refractivity contribution in [1.82, 2.24) is 4.57 Å². The van der Waals surface area contributed by atoms with Crippen molar-refractivity contribution in [2.24, 2.45) is 7.05 Å². The molecule has 0 spiro atoms.